The molecule has 0 aliphatic heterocycles. The van der Waals surface area contributed by atoms with Crippen LogP contribution in [0.3, 0.4) is 0 Å². The zero-order chi connectivity index (χ0) is 8.69. The first-order chi connectivity index (χ1) is 5.16. The molecule has 0 saturated heterocycles. The molecule has 0 spiro atoms. The summed E-state index contributed by atoms with van der Waals surface area (Å²) in [7, 11) is 1.52. The van der Waals surface area contributed by atoms with Crippen LogP contribution in [-0.4, -0.2) is 32.2 Å². The fourth-order valence-corrected chi connectivity index (χ4v) is 0.448. The smallest absolute Gasteiger partial charge is 0.314 e. The topological polar surface area (TPSA) is 67.4 Å². The Morgan fingerprint density at radius 3 is 2.55 bits per heavy atom. The van der Waals surface area contributed by atoms with Crippen molar-refractivity contribution in [2.45, 2.75) is 6.92 Å². The van der Waals surface area contributed by atoms with Crippen molar-refractivity contribution in [1.29, 1.82) is 0 Å². The van der Waals surface area contributed by atoms with Crippen LogP contribution in [0, 0.1) is 0 Å². The zero-order valence-corrected chi connectivity index (χ0v) is 6.64. The van der Waals surface area contributed by atoms with Gasteiger partial charge in [-0.1, -0.05) is 0 Å². The third-order valence-corrected chi connectivity index (χ3v) is 0.920. The Balaban J connectivity index is 3.14. The highest BCUT2D eigenvalue weighted by atomic mass is 16.5. The van der Waals surface area contributed by atoms with Gasteiger partial charge in [0.15, 0.2) is 0 Å². The van der Waals surface area contributed by atoms with Gasteiger partial charge in [0.25, 0.3) is 0 Å². The number of rotatable bonds is 3. The zero-order valence-electron chi connectivity index (χ0n) is 6.64. The summed E-state index contributed by atoms with van der Waals surface area (Å²) in [5.41, 5.74) is 0. The molecule has 0 aliphatic rings. The third-order valence-electron chi connectivity index (χ3n) is 0.920. The van der Waals surface area contributed by atoms with Crippen LogP contribution in [0.4, 0.5) is 4.79 Å². The average molecular weight is 160 g/mol. The van der Waals surface area contributed by atoms with E-state index in [1.54, 1.807) is 0 Å². The number of amides is 2. The van der Waals surface area contributed by atoms with Crippen LogP contribution < -0.4 is 10.6 Å². The Labute approximate surface area is 65.1 Å². The van der Waals surface area contributed by atoms with Gasteiger partial charge in [-0.3, -0.25) is 4.79 Å². The molecule has 0 rings (SSSR count). The quantitative estimate of drug-likeness (QED) is 0.431. The first-order valence-electron chi connectivity index (χ1n) is 3.25. The van der Waals surface area contributed by atoms with E-state index in [2.05, 4.69) is 15.4 Å². The van der Waals surface area contributed by atoms with Crippen LogP contribution in [-0.2, 0) is 9.53 Å². The molecule has 0 fully saturated rings. The first kappa shape index (κ1) is 9.74. The van der Waals surface area contributed by atoms with Crippen LogP contribution >= 0.6 is 0 Å². The van der Waals surface area contributed by atoms with Crippen LogP contribution in [0.1, 0.15) is 6.92 Å². The van der Waals surface area contributed by atoms with Crippen LogP contribution in [0.15, 0.2) is 0 Å². The highest BCUT2D eigenvalue weighted by molar-refractivity contribution is 5.73. The number of hydrogen-bond acceptors (Lipinski definition) is 3. The summed E-state index contributed by atoms with van der Waals surface area (Å²) in [5.74, 6) is -0.344. The molecule has 0 aromatic heterocycles. The van der Waals surface area contributed by atoms with Crippen molar-refractivity contribution < 1.29 is 14.3 Å². The van der Waals surface area contributed by atoms with Gasteiger partial charge >= 0.3 is 12.0 Å². The summed E-state index contributed by atoms with van der Waals surface area (Å²) in [6.45, 7) is 1.86. The van der Waals surface area contributed by atoms with Crippen molar-refractivity contribution >= 4 is 12.0 Å². The molecule has 0 atom stereocenters. The minimum absolute atomic E-state index is 0.211. The molecule has 2 amide bonds. The normalized spacial score (nSPS) is 8.55. The van der Waals surface area contributed by atoms with E-state index in [0.717, 1.165) is 0 Å². The largest absolute Gasteiger partial charge is 0.464 e. The molecule has 0 saturated carbocycles. The van der Waals surface area contributed by atoms with E-state index in [4.69, 9.17) is 0 Å². The number of esters is 1. The minimum Gasteiger partial charge on any atom is -0.464 e. The Hall–Kier alpha value is -1.26. The Morgan fingerprint density at radius 1 is 1.45 bits per heavy atom. The second kappa shape index (κ2) is 5.52. The van der Waals surface area contributed by atoms with E-state index in [9.17, 15) is 9.59 Å². The lowest BCUT2D eigenvalue weighted by Gasteiger charge is -2.03. The molecule has 0 aromatic carbocycles. The van der Waals surface area contributed by atoms with Crippen LogP contribution in [0.25, 0.3) is 0 Å². The number of hydrogen-bond donors (Lipinski definition) is 2. The second-order valence-corrected chi connectivity index (χ2v) is 1.85. The third kappa shape index (κ3) is 6.63. The summed E-state index contributed by atoms with van der Waals surface area (Å²) in [4.78, 5) is 20.7. The van der Waals surface area contributed by atoms with E-state index >= 15 is 0 Å². The van der Waals surface area contributed by atoms with Gasteiger partial charge in [-0.2, -0.15) is 0 Å². The van der Waals surface area contributed by atoms with Crippen molar-refractivity contribution in [3.05, 3.63) is 0 Å². The highest BCUT2D eigenvalue weighted by Gasteiger charge is 1.95. The van der Waals surface area contributed by atoms with E-state index in [1.807, 2.05) is 0 Å². The van der Waals surface area contributed by atoms with Crippen LogP contribution in [0.5, 0.6) is 0 Å². The highest BCUT2D eigenvalue weighted by Crippen LogP contribution is 1.73. The van der Waals surface area contributed by atoms with Crippen molar-refractivity contribution in [3.8, 4) is 0 Å². The number of carbonyl (C=O) groups excluding carboxylic acids is 2. The predicted molar refractivity (Wildman–Crippen MR) is 39.1 cm³/mol. The van der Waals surface area contributed by atoms with Crippen molar-refractivity contribution in [2.75, 3.05) is 20.2 Å². The summed E-state index contributed by atoms with van der Waals surface area (Å²) in [5, 5.41) is 4.82. The van der Waals surface area contributed by atoms with Crippen molar-refractivity contribution in [2.24, 2.45) is 0 Å². The van der Waals surface area contributed by atoms with E-state index < -0.39 is 0 Å². The molecule has 5 nitrogen and oxygen atoms in total. The van der Waals surface area contributed by atoms with Crippen molar-refractivity contribution in [1.82, 2.24) is 10.6 Å². The van der Waals surface area contributed by atoms with E-state index in [-0.39, 0.29) is 18.6 Å². The molecule has 64 valence electrons. The van der Waals surface area contributed by atoms with Crippen LogP contribution in [0.2, 0.25) is 0 Å². The minimum atomic E-state index is -0.344. The van der Waals surface area contributed by atoms with Crippen molar-refractivity contribution in [3.63, 3.8) is 0 Å². The lowest BCUT2D eigenvalue weighted by molar-refractivity contribution is -0.140. The molecule has 0 aliphatic carbocycles. The SMILES string of the molecule is CNC(=O)NCCOC(C)=O. The van der Waals surface area contributed by atoms with E-state index in [1.165, 1.54) is 14.0 Å². The van der Waals surface area contributed by atoms with Gasteiger partial charge in [0.2, 0.25) is 0 Å². The lowest BCUT2D eigenvalue weighted by Crippen LogP contribution is -2.35. The molecule has 0 aromatic rings. The standard InChI is InChI=1S/C6H12N2O3/c1-5(9)11-4-3-8-6(10)7-2/h3-4H2,1-2H3,(H2,7,8,10). The van der Waals surface area contributed by atoms with Gasteiger partial charge in [0.1, 0.15) is 6.61 Å². The summed E-state index contributed by atoms with van der Waals surface area (Å²) in [6, 6.07) is -0.280. The number of carbonyl (C=O) groups is 2. The van der Waals surface area contributed by atoms with Gasteiger partial charge in [0, 0.05) is 14.0 Å². The molecule has 0 radical (unpaired) electrons. The number of urea groups is 1. The van der Waals surface area contributed by atoms with Gasteiger partial charge in [-0.15, -0.1) is 0 Å². The Morgan fingerprint density at radius 2 is 2.09 bits per heavy atom. The molecular weight excluding hydrogens is 148 g/mol. The maximum absolute atomic E-state index is 10.5. The van der Waals surface area contributed by atoms with Gasteiger partial charge in [0.05, 0.1) is 6.54 Å². The molecular formula is C6H12N2O3. The molecule has 0 unspecified atom stereocenters. The predicted octanol–water partition coefficient (Wildman–Crippen LogP) is -0.522. The van der Waals surface area contributed by atoms with E-state index in [0.29, 0.717) is 6.54 Å². The molecule has 5 heteroatoms. The maximum Gasteiger partial charge on any atom is 0.314 e. The summed E-state index contributed by atoms with van der Waals surface area (Å²) < 4.78 is 4.56. The Bertz CT molecular complexity index is 147. The first-order valence-corrected chi connectivity index (χ1v) is 3.25. The molecule has 0 bridgehead atoms. The second-order valence-electron chi connectivity index (χ2n) is 1.85. The molecule has 0 heterocycles. The summed E-state index contributed by atoms with van der Waals surface area (Å²) >= 11 is 0. The molecule has 11 heavy (non-hydrogen) atoms. The van der Waals surface area contributed by atoms with Gasteiger partial charge in [-0.25, -0.2) is 4.79 Å². The fourth-order valence-electron chi connectivity index (χ4n) is 0.448. The van der Waals surface area contributed by atoms with Gasteiger partial charge in [-0.05, 0) is 0 Å². The monoisotopic (exact) mass is 160 g/mol. The van der Waals surface area contributed by atoms with Gasteiger partial charge < -0.3 is 15.4 Å². The lowest BCUT2D eigenvalue weighted by atomic mass is 10.6. The number of ether oxygens (including phenoxy) is 1. The molecule has 2 N–H and O–H groups in total. The Kier molecular flexibility index (Phi) is 4.89. The number of nitrogens with one attached hydrogen (secondary N) is 2. The summed E-state index contributed by atoms with van der Waals surface area (Å²) in [6.07, 6.45) is 0. The maximum atomic E-state index is 10.5. The average Bonchev–Trinajstić information content (AvgIpc) is 1.97. The fraction of sp³-hybridized carbons (Fsp3) is 0.667.